The van der Waals surface area contributed by atoms with Gasteiger partial charge in [-0.1, -0.05) is 30.3 Å². The largest absolute Gasteiger partial charge is 0.387 e. The third kappa shape index (κ3) is 7.03. The molecule has 0 bridgehead atoms. The van der Waals surface area contributed by atoms with Crippen LogP contribution in [0.3, 0.4) is 0 Å². The molecular formula is C18H25N3O11P2. The van der Waals surface area contributed by atoms with Crippen molar-refractivity contribution >= 4 is 21.0 Å². The Morgan fingerprint density at radius 1 is 1.15 bits per heavy atom. The topological polar surface area (TPSA) is 210 Å². The second-order valence-electron chi connectivity index (χ2n) is 7.62. The highest BCUT2D eigenvalue weighted by molar-refractivity contribution is 7.70. The second-order valence-corrected chi connectivity index (χ2v) is 11.6. The zero-order chi connectivity index (χ0) is 25.1. The lowest BCUT2D eigenvalue weighted by atomic mass is 10.1. The van der Waals surface area contributed by atoms with Gasteiger partial charge in [-0.05, 0) is 12.5 Å². The third-order valence-electron chi connectivity index (χ3n) is 4.80. The molecule has 0 aliphatic carbocycles. The van der Waals surface area contributed by atoms with Gasteiger partial charge in [-0.2, -0.15) is 4.98 Å². The summed E-state index contributed by atoms with van der Waals surface area (Å²) in [5.74, 6) is -1.29. The van der Waals surface area contributed by atoms with Crippen molar-refractivity contribution in [2.75, 3.05) is 18.0 Å². The monoisotopic (exact) mass is 521 g/mol. The van der Waals surface area contributed by atoms with Crippen LogP contribution in [0.4, 0.5) is 5.82 Å². The molecule has 188 valence electrons. The van der Waals surface area contributed by atoms with Gasteiger partial charge < -0.3 is 34.2 Å². The Balaban J connectivity index is 1.65. The van der Waals surface area contributed by atoms with Crippen LogP contribution < -0.4 is 11.2 Å². The number of nitrogens with zero attached hydrogens (tertiary/aromatic N) is 2. The molecule has 1 fully saturated rings. The predicted octanol–water partition coefficient (Wildman–Crippen LogP) is 0.0518. The van der Waals surface area contributed by atoms with Crippen LogP contribution in [0.2, 0.25) is 0 Å². The van der Waals surface area contributed by atoms with Crippen LogP contribution in [-0.2, 0) is 29.8 Å². The van der Waals surface area contributed by atoms with Gasteiger partial charge in [0.25, 0.3) is 0 Å². The van der Waals surface area contributed by atoms with E-state index in [4.69, 9.17) is 19.4 Å². The summed E-state index contributed by atoms with van der Waals surface area (Å²) in [6.45, 7) is 1.05. The number of aliphatic hydroxyl groups excluding tert-OH is 2. The molecule has 1 aromatic carbocycles. The molecule has 5 atom stereocenters. The summed E-state index contributed by atoms with van der Waals surface area (Å²) in [6.07, 6.45) is -4.70. The average Bonchev–Trinajstić information content (AvgIpc) is 3.02. The van der Waals surface area contributed by atoms with Gasteiger partial charge in [0, 0.05) is 11.8 Å². The van der Waals surface area contributed by atoms with E-state index >= 15 is 0 Å². The number of hydrogen-bond donors (Lipinski definition) is 6. The molecule has 1 saturated heterocycles. The van der Waals surface area contributed by atoms with Crippen molar-refractivity contribution in [2.24, 2.45) is 0 Å². The number of aryl methyl sites for hydroxylation is 1. The van der Waals surface area contributed by atoms with Crippen LogP contribution in [-0.4, -0.2) is 65.3 Å². The van der Waals surface area contributed by atoms with Crippen molar-refractivity contribution in [3.05, 3.63) is 58.1 Å². The fourth-order valence-corrected chi connectivity index (χ4v) is 5.74. The first-order valence-electron chi connectivity index (χ1n) is 9.90. The summed E-state index contributed by atoms with van der Waals surface area (Å²) in [5, 5.41) is 20.5. The van der Waals surface area contributed by atoms with Gasteiger partial charge in [0.1, 0.15) is 18.3 Å². The molecule has 6 N–H and O–H groups in total. The lowest BCUT2D eigenvalue weighted by molar-refractivity contribution is -0.0524. The summed E-state index contributed by atoms with van der Waals surface area (Å²) in [5.41, 5.74) is 3.07. The lowest BCUT2D eigenvalue weighted by Gasteiger charge is -2.19. The summed E-state index contributed by atoms with van der Waals surface area (Å²) in [4.78, 5) is 49.0. The fraction of sp³-hybridized carbons (Fsp3) is 0.444. The van der Waals surface area contributed by atoms with Crippen LogP contribution in [0.25, 0.3) is 0 Å². The molecular weight excluding hydrogens is 496 g/mol. The molecule has 34 heavy (non-hydrogen) atoms. The van der Waals surface area contributed by atoms with E-state index < -0.39 is 57.9 Å². The number of aromatic nitrogens is 2. The maximum absolute atomic E-state index is 12.5. The van der Waals surface area contributed by atoms with E-state index in [1.165, 1.54) is 6.20 Å². The number of hydrogen-bond acceptors (Lipinski definition) is 10. The molecule has 2 aromatic rings. The number of nitrogens with one attached hydrogen (secondary N) is 1. The first-order chi connectivity index (χ1) is 15.9. The molecule has 1 aromatic heterocycles. The minimum absolute atomic E-state index is 0.128. The maximum atomic E-state index is 12.5. The van der Waals surface area contributed by atoms with E-state index in [-0.39, 0.29) is 12.4 Å². The van der Waals surface area contributed by atoms with Gasteiger partial charge >= 0.3 is 20.9 Å². The fourth-order valence-electron chi connectivity index (χ4n) is 3.17. The molecule has 0 radical (unpaired) electrons. The van der Waals surface area contributed by atoms with Crippen molar-refractivity contribution < 1.29 is 48.1 Å². The van der Waals surface area contributed by atoms with Crippen LogP contribution in [0, 0.1) is 6.92 Å². The van der Waals surface area contributed by atoms with E-state index in [1.54, 1.807) is 6.92 Å². The maximum Gasteiger partial charge on any atom is 0.351 e. The summed E-state index contributed by atoms with van der Waals surface area (Å²) in [6, 6.07) is 9.26. The first kappa shape index (κ1) is 26.6. The van der Waals surface area contributed by atoms with E-state index in [0.29, 0.717) is 5.56 Å². The van der Waals surface area contributed by atoms with E-state index in [9.17, 15) is 29.0 Å². The van der Waals surface area contributed by atoms with Crippen LogP contribution >= 0.6 is 15.2 Å². The highest BCUT2D eigenvalue weighted by Crippen LogP contribution is 2.55. The van der Waals surface area contributed by atoms with Gasteiger partial charge in [-0.15, -0.1) is 0 Å². The van der Waals surface area contributed by atoms with E-state index in [0.717, 1.165) is 10.1 Å². The number of anilines is 1. The smallest absolute Gasteiger partial charge is 0.351 e. The van der Waals surface area contributed by atoms with Gasteiger partial charge in [-0.25, -0.2) is 10.3 Å². The van der Waals surface area contributed by atoms with Gasteiger partial charge in [0.15, 0.2) is 17.9 Å². The zero-order valence-electron chi connectivity index (χ0n) is 17.9. The molecule has 3 rings (SSSR count). The summed E-state index contributed by atoms with van der Waals surface area (Å²) < 4.78 is 33.7. The Labute approximate surface area is 193 Å². The van der Waals surface area contributed by atoms with E-state index in [1.807, 2.05) is 30.3 Å². The molecule has 1 unspecified atom stereocenters. The van der Waals surface area contributed by atoms with Crippen LogP contribution in [0.1, 0.15) is 17.4 Å². The number of aliphatic hydroxyl groups is 2. The second kappa shape index (κ2) is 10.8. The first-order valence-corrected chi connectivity index (χ1v) is 13.5. The normalized spacial score (nSPS) is 24.6. The number of benzene rings is 1. The highest BCUT2D eigenvalue weighted by atomic mass is 31.2. The molecule has 16 heteroatoms. The Morgan fingerprint density at radius 3 is 2.47 bits per heavy atom. The summed E-state index contributed by atoms with van der Waals surface area (Å²) in [7, 11) is -9.54. The number of ether oxygens (including phenoxy) is 1. The Morgan fingerprint density at radius 2 is 1.82 bits per heavy atom. The van der Waals surface area contributed by atoms with Crippen molar-refractivity contribution in [1.82, 2.24) is 9.55 Å². The Hall–Kier alpha value is -1.96. The Bertz CT molecular complexity index is 1140. The minimum Gasteiger partial charge on any atom is -0.387 e. The van der Waals surface area contributed by atoms with Crippen molar-refractivity contribution in [2.45, 2.75) is 38.1 Å². The quantitative estimate of drug-likeness (QED) is 0.181. The molecule has 1 aliphatic heterocycles. The van der Waals surface area contributed by atoms with E-state index in [2.05, 4.69) is 15.0 Å². The standard InChI is InChI=1S/C18H25N3O11P2/c1-11-7-21(18(24)19-16(11)20-30-8-12-5-3-2-4-6-12)17-15(23)14(22)13(32-17)9-31-34(28,29)10-33(25,26)27/h2-7,13-15,17,22-23H,8-10H2,1H3,(H,28,29)(H,19,20,24)(H2,25,26,27)/t13-,14-,15-,17-/m1/s1. The number of rotatable bonds is 10. The van der Waals surface area contributed by atoms with Crippen LogP contribution in [0.15, 0.2) is 41.3 Å². The summed E-state index contributed by atoms with van der Waals surface area (Å²) >= 11 is 0. The zero-order valence-corrected chi connectivity index (χ0v) is 19.7. The molecule has 0 amide bonds. The molecule has 14 nitrogen and oxygen atoms in total. The SMILES string of the molecule is Cc1cn([C@@H]2O[C@H](COP(=O)(O)CP(=O)(O)O)[C@@H](O)[C@H]2O)c(=O)nc1NOCc1ccccc1. The molecule has 1 aliphatic rings. The lowest BCUT2D eigenvalue weighted by Crippen LogP contribution is -2.36. The van der Waals surface area contributed by atoms with Crippen molar-refractivity contribution in [3.63, 3.8) is 0 Å². The predicted molar refractivity (Wildman–Crippen MR) is 117 cm³/mol. The van der Waals surface area contributed by atoms with Crippen LogP contribution in [0.5, 0.6) is 0 Å². The molecule has 0 saturated carbocycles. The van der Waals surface area contributed by atoms with Gasteiger partial charge in [-0.3, -0.25) is 18.5 Å². The van der Waals surface area contributed by atoms with Crippen molar-refractivity contribution in [3.8, 4) is 0 Å². The Kier molecular flexibility index (Phi) is 8.43. The van der Waals surface area contributed by atoms with Gasteiger partial charge in [0.2, 0.25) is 0 Å². The highest BCUT2D eigenvalue weighted by Gasteiger charge is 2.45. The minimum atomic E-state index is -4.84. The average molecular weight is 521 g/mol. The van der Waals surface area contributed by atoms with Crippen molar-refractivity contribution in [1.29, 1.82) is 0 Å². The molecule has 0 spiro atoms. The third-order valence-corrected chi connectivity index (χ3v) is 8.26. The molecule has 2 heterocycles. The van der Waals surface area contributed by atoms with Gasteiger partial charge in [0.05, 0.1) is 13.2 Å².